The third kappa shape index (κ3) is 3.53. The minimum Gasteiger partial charge on any atom is -0.338 e. The van der Waals surface area contributed by atoms with Gasteiger partial charge in [-0.2, -0.15) is 0 Å². The molecule has 0 spiro atoms. The number of nitrogens with zero attached hydrogens (tertiary/aromatic N) is 1. The standard InChI is InChI=1S/C15H21FN2O/c1-11(17)14-7-2-3-8-18(14)15(19)10-12-5-4-6-13(16)9-12/h4-6,9,11,14H,2-3,7-8,10,17H2,1H3/t11-,14+/m0/s1. The smallest absolute Gasteiger partial charge is 0.227 e. The van der Waals surface area contributed by atoms with Gasteiger partial charge >= 0.3 is 0 Å². The van der Waals surface area contributed by atoms with Gasteiger partial charge in [-0.1, -0.05) is 12.1 Å². The second-order valence-corrected chi connectivity index (χ2v) is 5.32. The number of piperidine rings is 1. The van der Waals surface area contributed by atoms with Crippen LogP contribution in [0.4, 0.5) is 4.39 Å². The first-order chi connectivity index (χ1) is 9.08. The number of likely N-dealkylation sites (tertiary alicyclic amines) is 1. The van der Waals surface area contributed by atoms with E-state index in [-0.39, 0.29) is 30.2 Å². The summed E-state index contributed by atoms with van der Waals surface area (Å²) in [5, 5.41) is 0. The second kappa shape index (κ2) is 6.15. The average Bonchev–Trinajstić information content (AvgIpc) is 2.38. The summed E-state index contributed by atoms with van der Waals surface area (Å²) in [6.45, 7) is 2.71. The Morgan fingerprint density at radius 3 is 3.00 bits per heavy atom. The number of amides is 1. The maximum Gasteiger partial charge on any atom is 0.227 e. The Morgan fingerprint density at radius 1 is 1.53 bits per heavy atom. The molecule has 1 amide bonds. The molecule has 0 unspecified atom stereocenters. The summed E-state index contributed by atoms with van der Waals surface area (Å²) < 4.78 is 13.1. The van der Waals surface area contributed by atoms with Gasteiger partial charge in [-0.25, -0.2) is 4.39 Å². The number of halogens is 1. The molecule has 0 bridgehead atoms. The van der Waals surface area contributed by atoms with Crippen LogP contribution in [0.15, 0.2) is 24.3 Å². The third-order valence-corrected chi connectivity index (χ3v) is 3.72. The van der Waals surface area contributed by atoms with Crippen molar-refractivity contribution in [2.75, 3.05) is 6.54 Å². The highest BCUT2D eigenvalue weighted by molar-refractivity contribution is 5.79. The molecule has 1 aromatic rings. The summed E-state index contributed by atoms with van der Waals surface area (Å²) in [5.74, 6) is -0.250. The number of hydrogen-bond donors (Lipinski definition) is 1. The van der Waals surface area contributed by atoms with Crippen LogP contribution in [-0.4, -0.2) is 29.4 Å². The van der Waals surface area contributed by atoms with Gasteiger partial charge in [0.25, 0.3) is 0 Å². The van der Waals surface area contributed by atoms with E-state index in [2.05, 4.69) is 0 Å². The quantitative estimate of drug-likeness (QED) is 0.908. The summed E-state index contributed by atoms with van der Waals surface area (Å²) in [7, 11) is 0. The highest BCUT2D eigenvalue weighted by atomic mass is 19.1. The van der Waals surface area contributed by atoms with Crippen molar-refractivity contribution in [3.8, 4) is 0 Å². The SMILES string of the molecule is C[C@H](N)[C@H]1CCCCN1C(=O)Cc1cccc(F)c1. The van der Waals surface area contributed by atoms with E-state index in [4.69, 9.17) is 5.73 Å². The monoisotopic (exact) mass is 264 g/mol. The van der Waals surface area contributed by atoms with Crippen LogP contribution in [0, 0.1) is 5.82 Å². The van der Waals surface area contributed by atoms with Gasteiger partial charge in [-0.05, 0) is 43.9 Å². The lowest BCUT2D eigenvalue weighted by Gasteiger charge is -2.38. The lowest BCUT2D eigenvalue weighted by molar-refractivity contribution is -0.134. The molecule has 1 aliphatic heterocycles. The molecule has 0 aliphatic carbocycles. The highest BCUT2D eigenvalue weighted by Crippen LogP contribution is 2.20. The summed E-state index contributed by atoms with van der Waals surface area (Å²) in [4.78, 5) is 14.2. The molecule has 2 rings (SSSR count). The zero-order chi connectivity index (χ0) is 13.8. The Bertz CT molecular complexity index is 448. The molecule has 1 saturated heterocycles. The summed E-state index contributed by atoms with van der Waals surface area (Å²) >= 11 is 0. The fraction of sp³-hybridized carbons (Fsp3) is 0.533. The van der Waals surface area contributed by atoms with E-state index in [0.717, 1.165) is 31.4 Å². The van der Waals surface area contributed by atoms with Gasteiger partial charge in [-0.15, -0.1) is 0 Å². The van der Waals surface area contributed by atoms with E-state index in [9.17, 15) is 9.18 Å². The lowest BCUT2D eigenvalue weighted by Crippen LogP contribution is -2.52. The van der Waals surface area contributed by atoms with Crippen molar-refractivity contribution in [3.63, 3.8) is 0 Å². The van der Waals surface area contributed by atoms with Crippen LogP contribution in [-0.2, 0) is 11.2 Å². The van der Waals surface area contributed by atoms with Crippen LogP contribution in [0.1, 0.15) is 31.7 Å². The van der Waals surface area contributed by atoms with Gasteiger partial charge in [0, 0.05) is 18.6 Å². The normalized spacial score (nSPS) is 21.2. The Labute approximate surface area is 113 Å². The van der Waals surface area contributed by atoms with Crippen LogP contribution in [0.2, 0.25) is 0 Å². The minimum atomic E-state index is -0.298. The molecule has 0 saturated carbocycles. The van der Waals surface area contributed by atoms with Crippen molar-refractivity contribution in [3.05, 3.63) is 35.6 Å². The van der Waals surface area contributed by atoms with E-state index in [1.54, 1.807) is 12.1 Å². The van der Waals surface area contributed by atoms with Gasteiger partial charge in [0.05, 0.1) is 6.42 Å². The third-order valence-electron chi connectivity index (χ3n) is 3.72. The Balaban J connectivity index is 2.05. The van der Waals surface area contributed by atoms with Gasteiger partial charge in [-0.3, -0.25) is 4.79 Å². The highest BCUT2D eigenvalue weighted by Gasteiger charge is 2.28. The Hall–Kier alpha value is -1.42. The van der Waals surface area contributed by atoms with Crippen LogP contribution < -0.4 is 5.73 Å². The molecular weight excluding hydrogens is 243 g/mol. The zero-order valence-electron chi connectivity index (χ0n) is 11.3. The number of carbonyl (C=O) groups is 1. The first-order valence-electron chi connectivity index (χ1n) is 6.87. The van der Waals surface area contributed by atoms with E-state index in [0.29, 0.717) is 0 Å². The van der Waals surface area contributed by atoms with Crippen molar-refractivity contribution in [1.29, 1.82) is 0 Å². The van der Waals surface area contributed by atoms with Gasteiger partial charge in [0.15, 0.2) is 0 Å². The average molecular weight is 264 g/mol. The van der Waals surface area contributed by atoms with Crippen molar-refractivity contribution >= 4 is 5.91 Å². The second-order valence-electron chi connectivity index (χ2n) is 5.32. The fourth-order valence-electron chi connectivity index (χ4n) is 2.74. The first kappa shape index (κ1) is 14.0. The molecule has 104 valence electrons. The van der Waals surface area contributed by atoms with Crippen molar-refractivity contribution in [2.24, 2.45) is 5.73 Å². The van der Waals surface area contributed by atoms with Crippen LogP contribution >= 0.6 is 0 Å². The maximum absolute atomic E-state index is 13.1. The molecule has 2 atom stereocenters. The molecule has 1 aromatic carbocycles. The van der Waals surface area contributed by atoms with Crippen LogP contribution in [0.3, 0.4) is 0 Å². The molecule has 0 radical (unpaired) electrons. The zero-order valence-corrected chi connectivity index (χ0v) is 11.3. The topological polar surface area (TPSA) is 46.3 Å². The molecule has 0 aromatic heterocycles. The van der Waals surface area contributed by atoms with Crippen molar-refractivity contribution in [1.82, 2.24) is 4.90 Å². The Morgan fingerprint density at radius 2 is 2.32 bits per heavy atom. The number of nitrogens with two attached hydrogens (primary N) is 1. The first-order valence-corrected chi connectivity index (χ1v) is 6.87. The number of hydrogen-bond acceptors (Lipinski definition) is 2. The molecule has 1 heterocycles. The van der Waals surface area contributed by atoms with Gasteiger partial charge < -0.3 is 10.6 Å². The fourth-order valence-corrected chi connectivity index (χ4v) is 2.74. The summed E-state index contributed by atoms with van der Waals surface area (Å²) in [6, 6.07) is 6.33. The van der Waals surface area contributed by atoms with Crippen molar-refractivity contribution in [2.45, 2.75) is 44.7 Å². The summed E-state index contributed by atoms with van der Waals surface area (Å²) in [6.07, 6.45) is 3.36. The van der Waals surface area contributed by atoms with Crippen molar-refractivity contribution < 1.29 is 9.18 Å². The minimum absolute atomic E-state index is 0.0169. The molecule has 4 heteroatoms. The van der Waals surface area contributed by atoms with E-state index >= 15 is 0 Å². The molecule has 1 fully saturated rings. The van der Waals surface area contributed by atoms with E-state index < -0.39 is 0 Å². The maximum atomic E-state index is 13.1. The van der Waals surface area contributed by atoms with Gasteiger partial charge in [0.1, 0.15) is 5.82 Å². The van der Waals surface area contributed by atoms with E-state index in [1.807, 2.05) is 11.8 Å². The predicted molar refractivity (Wildman–Crippen MR) is 73.1 cm³/mol. The number of rotatable bonds is 3. The molecular formula is C15H21FN2O. The molecule has 2 N–H and O–H groups in total. The number of benzene rings is 1. The van der Waals surface area contributed by atoms with E-state index in [1.165, 1.54) is 12.1 Å². The van der Waals surface area contributed by atoms with Gasteiger partial charge in [0.2, 0.25) is 5.91 Å². The Kier molecular flexibility index (Phi) is 4.53. The molecule has 3 nitrogen and oxygen atoms in total. The van der Waals surface area contributed by atoms with Crippen LogP contribution in [0.25, 0.3) is 0 Å². The molecule has 19 heavy (non-hydrogen) atoms. The number of carbonyl (C=O) groups excluding carboxylic acids is 1. The largest absolute Gasteiger partial charge is 0.338 e. The molecule has 1 aliphatic rings. The van der Waals surface area contributed by atoms with Crippen LogP contribution in [0.5, 0.6) is 0 Å². The lowest BCUT2D eigenvalue weighted by atomic mass is 9.96. The predicted octanol–water partition coefficient (Wildman–Crippen LogP) is 2.10. The summed E-state index contributed by atoms with van der Waals surface area (Å²) in [5.41, 5.74) is 6.68.